The van der Waals surface area contributed by atoms with Crippen LogP contribution in [0.2, 0.25) is 0 Å². The molecule has 0 spiro atoms. The molecule has 1 aliphatic heterocycles. The number of thioether (sulfide) groups is 1. The lowest BCUT2D eigenvalue weighted by atomic mass is 10.4. The summed E-state index contributed by atoms with van der Waals surface area (Å²) >= 11 is 5.26. The summed E-state index contributed by atoms with van der Waals surface area (Å²) in [5.41, 5.74) is 0. The van der Waals surface area contributed by atoms with Crippen molar-refractivity contribution in [3.63, 3.8) is 0 Å². The molecule has 3 heteroatoms. The summed E-state index contributed by atoms with van der Waals surface area (Å²) < 4.78 is 6.26. The fraction of sp³-hybridized carbons (Fsp3) is 0.333. The molecule has 12 heavy (non-hydrogen) atoms. The van der Waals surface area contributed by atoms with Gasteiger partial charge >= 0.3 is 0 Å². The zero-order valence-electron chi connectivity index (χ0n) is 6.50. The van der Waals surface area contributed by atoms with Crippen molar-refractivity contribution in [3.8, 4) is 0 Å². The Hall–Kier alpha value is 0.01000. The molecule has 0 saturated carbocycles. The minimum absolute atomic E-state index is 0.513. The van der Waals surface area contributed by atoms with Crippen molar-refractivity contribution < 1.29 is 4.74 Å². The molecule has 1 atom stereocenters. The van der Waals surface area contributed by atoms with Crippen molar-refractivity contribution >= 4 is 27.7 Å². The number of hydrogen-bond donors (Lipinski definition) is 0. The Kier molecular flexibility index (Phi) is 2.73. The van der Waals surface area contributed by atoms with Gasteiger partial charge in [0, 0.05) is 15.1 Å². The highest BCUT2D eigenvalue weighted by Gasteiger charge is 2.21. The third-order valence-electron chi connectivity index (χ3n) is 1.65. The Morgan fingerprint density at radius 2 is 2.08 bits per heavy atom. The van der Waals surface area contributed by atoms with E-state index in [-0.39, 0.29) is 0 Å². The first-order chi connectivity index (χ1) is 5.84. The summed E-state index contributed by atoms with van der Waals surface area (Å²) in [5.74, 6) is 1.08. The van der Waals surface area contributed by atoms with Gasteiger partial charge in [-0.25, -0.2) is 0 Å². The van der Waals surface area contributed by atoms with Crippen LogP contribution in [0.1, 0.15) is 0 Å². The van der Waals surface area contributed by atoms with Gasteiger partial charge in [0.2, 0.25) is 0 Å². The van der Waals surface area contributed by atoms with Gasteiger partial charge in [-0.05, 0) is 24.3 Å². The van der Waals surface area contributed by atoms with Gasteiger partial charge in [0.05, 0.1) is 12.7 Å². The molecule has 1 heterocycles. The Labute approximate surface area is 84.6 Å². The van der Waals surface area contributed by atoms with Crippen molar-refractivity contribution in [2.45, 2.75) is 11.0 Å². The first-order valence-corrected chi connectivity index (χ1v) is 5.62. The second-order valence-electron chi connectivity index (χ2n) is 2.72. The maximum Gasteiger partial charge on any atom is 0.0903 e. The van der Waals surface area contributed by atoms with Crippen molar-refractivity contribution in [1.29, 1.82) is 0 Å². The largest absolute Gasteiger partial charge is 0.372 e. The van der Waals surface area contributed by atoms with Crippen LogP contribution in [-0.4, -0.2) is 18.5 Å². The minimum Gasteiger partial charge on any atom is -0.372 e. The molecule has 0 aromatic heterocycles. The SMILES string of the molecule is Brc1ccc(SC[C@@H]2CO2)cc1. The summed E-state index contributed by atoms with van der Waals surface area (Å²) in [4.78, 5) is 1.31. The third-order valence-corrected chi connectivity index (χ3v) is 3.32. The van der Waals surface area contributed by atoms with Gasteiger partial charge < -0.3 is 4.74 Å². The van der Waals surface area contributed by atoms with Crippen LogP contribution in [0.3, 0.4) is 0 Å². The average Bonchev–Trinajstić information content (AvgIpc) is 2.87. The fourth-order valence-electron chi connectivity index (χ4n) is 0.884. The lowest BCUT2D eigenvalue weighted by Crippen LogP contribution is -1.87. The Morgan fingerprint density at radius 1 is 1.42 bits per heavy atom. The molecule has 1 aliphatic rings. The van der Waals surface area contributed by atoms with Crippen LogP contribution in [0.15, 0.2) is 33.6 Å². The van der Waals surface area contributed by atoms with Crippen LogP contribution in [0, 0.1) is 0 Å². The Balaban J connectivity index is 1.89. The van der Waals surface area contributed by atoms with E-state index in [2.05, 4.69) is 40.2 Å². The first-order valence-electron chi connectivity index (χ1n) is 3.84. The molecule has 2 rings (SSSR count). The molecule has 0 aliphatic carbocycles. The lowest BCUT2D eigenvalue weighted by Gasteiger charge is -1.98. The number of halogens is 1. The molecule has 0 bridgehead atoms. The van der Waals surface area contributed by atoms with Crippen LogP contribution in [-0.2, 0) is 4.74 Å². The standard InChI is InChI=1S/C9H9BrOS/c10-7-1-3-9(4-2-7)12-6-8-5-11-8/h1-4,8H,5-6H2/t8-/m0/s1. The van der Waals surface area contributed by atoms with Gasteiger partial charge in [0.15, 0.2) is 0 Å². The monoisotopic (exact) mass is 244 g/mol. The van der Waals surface area contributed by atoms with Gasteiger partial charge in [-0.15, -0.1) is 11.8 Å². The molecule has 0 amide bonds. The van der Waals surface area contributed by atoms with Crippen LogP contribution < -0.4 is 0 Å². The first kappa shape index (κ1) is 8.60. The predicted octanol–water partition coefficient (Wildman–Crippen LogP) is 2.94. The number of hydrogen-bond acceptors (Lipinski definition) is 2. The van der Waals surface area contributed by atoms with Gasteiger partial charge in [-0.2, -0.15) is 0 Å². The van der Waals surface area contributed by atoms with Gasteiger partial charge in [-0.1, -0.05) is 15.9 Å². The van der Waals surface area contributed by atoms with E-state index in [9.17, 15) is 0 Å². The zero-order valence-corrected chi connectivity index (χ0v) is 8.90. The van der Waals surface area contributed by atoms with E-state index in [0.29, 0.717) is 6.10 Å². The molecule has 0 N–H and O–H groups in total. The van der Waals surface area contributed by atoms with E-state index >= 15 is 0 Å². The van der Waals surface area contributed by atoms with Gasteiger partial charge in [0.25, 0.3) is 0 Å². The van der Waals surface area contributed by atoms with E-state index < -0.39 is 0 Å². The van der Waals surface area contributed by atoms with Crippen molar-refractivity contribution in [1.82, 2.24) is 0 Å². The molecule has 1 aromatic carbocycles. The summed E-state index contributed by atoms with van der Waals surface area (Å²) in [5, 5.41) is 0. The Morgan fingerprint density at radius 3 is 2.67 bits per heavy atom. The smallest absolute Gasteiger partial charge is 0.0903 e. The van der Waals surface area contributed by atoms with Crippen molar-refractivity contribution in [2.75, 3.05) is 12.4 Å². The molecular weight excluding hydrogens is 236 g/mol. The topological polar surface area (TPSA) is 12.5 Å². The van der Waals surface area contributed by atoms with Crippen molar-refractivity contribution in [2.24, 2.45) is 0 Å². The fourth-order valence-corrected chi connectivity index (χ4v) is 2.05. The summed E-state index contributed by atoms with van der Waals surface area (Å²) in [6.07, 6.45) is 0.513. The van der Waals surface area contributed by atoms with Crippen LogP contribution >= 0.6 is 27.7 Å². The molecule has 1 saturated heterocycles. The highest BCUT2D eigenvalue weighted by Crippen LogP contribution is 2.24. The van der Waals surface area contributed by atoms with Gasteiger partial charge in [-0.3, -0.25) is 0 Å². The molecule has 1 nitrogen and oxygen atoms in total. The van der Waals surface area contributed by atoms with Crippen LogP contribution in [0.25, 0.3) is 0 Å². The normalized spacial score (nSPS) is 20.9. The molecule has 0 unspecified atom stereocenters. The molecule has 1 fully saturated rings. The molecule has 1 aromatic rings. The van der Waals surface area contributed by atoms with E-state index in [1.807, 2.05) is 11.8 Å². The quantitative estimate of drug-likeness (QED) is 0.599. The zero-order chi connectivity index (χ0) is 8.39. The summed E-state index contributed by atoms with van der Waals surface area (Å²) in [6, 6.07) is 8.38. The lowest BCUT2D eigenvalue weighted by molar-refractivity contribution is 0.426. The molecule has 64 valence electrons. The molecular formula is C9H9BrOS. The van der Waals surface area contributed by atoms with E-state index in [4.69, 9.17) is 4.74 Å². The average molecular weight is 245 g/mol. The van der Waals surface area contributed by atoms with Crippen LogP contribution in [0.4, 0.5) is 0 Å². The number of benzene rings is 1. The summed E-state index contributed by atoms with van der Waals surface area (Å²) in [6.45, 7) is 0.948. The van der Waals surface area contributed by atoms with E-state index in [1.165, 1.54) is 4.90 Å². The second-order valence-corrected chi connectivity index (χ2v) is 4.73. The maximum atomic E-state index is 5.12. The summed E-state index contributed by atoms with van der Waals surface area (Å²) in [7, 11) is 0. The van der Waals surface area contributed by atoms with Gasteiger partial charge in [0.1, 0.15) is 0 Å². The Bertz CT molecular complexity index is 256. The predicted molar refractivity (Wildman–Crippen MR) is 54.6 cm³/mol. The van der Waals surface area contributed by atoms with Crippen LogP contribution in [0.5, 0.6) is 0 Å². The number of ether oxygens (including phenoxy) is 1. The highest BCUT2D eigenvalue weighted by molar-refractivity contribution is 9.10. The van der Waals surface area contributed by atoms with E-state index in [1.54, 1.807) is 0 Å². The number of epoxide rings is 1. The highest BCUT2D eigenvalue weighted by atomic mass is 79.9. The molecule has 0 radical (unpaired) electrons. The van der Waals surface area contributed by atoms with Crippen molar-refractivity contribution in [3.05, 3.63) is 28.7 Å². The minimum atomic E-state index is 0.513. The number of rotatable bonds is 3. The van der Waals surface area contributed by atoms with E-state index in [0.717, 1.165) is 16.8 Å². The third kappa shape index (κ3) is 2.51. The maximum absolute atomic E-state index is 5.12. The second kappa shape index (κ2) is 3.81.